The Morgan fingerprint density at radius 1 is 1.40 bits per heavy atom. The lowest BCUT2D eigenvalue weighted by Gasteiger charge is -2.29. The highest BCUT2D eigenvalue weighted by atomic mass is 79.9. The van der Waals surface area contributed by atoms with Gasteiger partial charge in [0.1, 0.15) is 11.8 Å². The fourth-order valence-corrected chi connectivity index (χ4v) is 3.33. The predicted molar refractivity (Wildman–Crippen MR) is 94.0 cm³/mol. The Hall–Kier alpha value is -2.40. The summed E-state index contributed by atoms with van der Waals surface area (Å²) in [5.41, 5.74) is 0.922. The van der Waals surface area contributed by atoms with Crippen LogP contribution in [0.25, 0.3) is 0 Å². The number of hydrogen-bond donors (Lipinski definition) is 1. The van der Waals surface area contributed by atoms with Crippen LogP contribution in [0.2, 0.25) is 0 Å². The number of amides is 1. The Balaban J connectivity index is 1.49. The van der Waals surface area contributed by atoms with E-state index in [1.807, 2.05) is 12.1 Å². The lowest BCUT2D eigenvalue weighted by Crippen LogP contribution is -2.39. The molecule has 0 radical (unpaired) electrons. The van der Waals surface area contributed by atoms with E-state index in [1.54, 1.807) is 13.1 Å². The lowest BCUT2D eigenvalue weighted by molar-refractivity contribution is 0.0888. The highest BCUT2D eigenvalue weighted by Crippen LogP contribution is 2.27. The number of aryl methyl sites for hydroxylation is 1. The van der Waals surface area contributed by atoms with Crippen molar-refractivity contribution >= 4 is 21.8 Å². The summed E-state index contributed by atoms with van der Waals surface area (Å²) in [6, 6.07) is 7.61. The second-order valence-corrected chi connectivity index (χ2v) is 6.89. The normalized spacial score (nSPS) is 19.9. The largest absolute Gasteiger partial charge is 0.490 e. The third-order valence-corrected chi connectivity index (χ3v) is 4.86. The maximum Gasteiger partial charge on any atom is 0.273 e. The van der Waals surface area contributed by atoms with Crippen LogP contribution in [0.1, 0.15) is 41.7 Å². The zero-order valence-corrected chi connectivity index (χ0v) is 15.4. The van der Waals surface area contributed by atoms with Gasteiger partial charge in [-0.1, -0.05) is 0 Å². The molecule has 1 amide bonds. The van der Waals surface area contributed by atoms with Crippen molar-refractivity contribution in [3.63, 3.8) is 0 Å². The minimum Gasteiger partial charge on any atom is -0.490 e. The smallest absolute Gasteiger partial charge is 0.273 e. The van der Waals surface area contributed by atoms with Crippen LogP contribution in [0.4, 0.5) is 0 Å². The minimum absolute atomic E-state index is 0.115. The van der Waals surface area contributed by atoms with Gasteiger partial charge in [0.25, 0.3) is 5.91 Å². The maximum atomic E-state index is 12.1. The zero-order chi connectivity index (χ0) is 17.8. The van der Waals surface area contributed by atoms with Gasteiger partial charge in [0.15, 0.2) is 5.69 Å². The molecule has 1 N–H and O–H groups in total. The molecule has 2 aromatic rings. The van der Waals surface area contributed by atoms with Crippen LogP contribution in [-0.2, 0) is 7.05 Å². The fraction of sp³-hybridized carbons (Fsp3) is 0.412. The standard InChI is InChI=1S/C17H18BrN5O2/c1-23-20-10-16(22-23)17(24)21-12-3-6-13(7-4-12)25-14-5-2-11(9-19)15(18)8-14/h2,5,8,10,12-13H,3-4,6-7H2,1H3,(H,21,24). The molecule has 1 saturated carbocycles. The third-order valence-electron chi connectivity index (χ3n) is 4.21. The average molecular weight is 404 g/mol. The SMILES string of the molecule is Cn1ncc(C(=O)NC2CCC(Oc3ccc(C#N)c(Br)c3)CC2)n1. The van der Waals surface area contributed by atoms with Crippen molar-refractivity contribution in [2.45, 2.75) is 37.8 Å². The number of nitrogens with one attached hydrogen (secondary N) is 1. The number of carbonyl (C=O) groups is 1. The Morgan fingerprint density at radius 2 is 2.16 bits per heavy atom. The maximum absolute atomic E-state index is 12.1. The molecule has 1 aromatic carbocycles. The van der Waals surface area contributed by atoms with Gasteiger partial charge in [-0.2, -0.15) is 15.2 Å². The summed E-state index contributed by atoms with van der Waals surface area (Å²) < 4.78 is 6.73. The summed E-state index contributed by atoms with van der Waals surface area (Å²) >= 11 is 3.37. The van der Waals surface area contributed by atoms with Crippen LogP contribution in [0.15, 0.2) is 28.9 Å². The molecular formula is C17H18BrN5O2. The van der Waals surface area contributed by atoms with Gasteiger partial charge in [0.2, 0.25) is 0 Å². The van der Waals surface area contributed by atoms with Gasteiger partial charge < -0.3 is 10.1 Å². The first-order chi connectivity index (χ1) is 12.0. The molecule has 1 aliphatic carbocycles. The Labute approximate surface area is 154 Å². The van der Waals surface area contributed by atoms with Gasteiger partial charge >= 0.3 is 0 Å². The van der Waals surface area contributed by atoms with Crippen molar-refractivity contribution in [2.75, 3.05) is 0 Å². The van der Waals surface area contributed by atoms with Crippen LogP contribution in [0.5, 0.6) is 5.75 Å². The summed E-state index contributed by atoms with van der Waals surface area (Å²) in [6.45, 7) is 0. The molecule has 0 bridgehead atoms. The van der Waals surface area contributed by atoms with E-state index in [4.69, 9.17) is 10.00 Å². The van der Waals surface area contributed by atoms with Crippen molar-refractivity contribution in [1.29, 1.82) is 5.26 Å². The molecule has 0 spiro atoms. The summed E-state index contributed by atoms with van der Waals surface area (Å²) in [5, 5.41) is 19.9. The molecule has 3 rings (SSSR count). The monoisotopic (exact) mass is 403 g/mol. The van der Waals surface area contributed by atoms with E-state index in [1.165, 1.54) is 11.0 Å². The number of rotatable bonds is 4. The van der Waals surface area contributed by atoms with Gasteiger partial charge in [0, 0.05) is 17.6 Å². The van der Waals surface area contributed by atoms with Crippen LogP contribution in [-0.4, -0.2) is 33.0 Å². The van der Waals surface area contributed by atoms with Crippen LogP contribution in [0.3, 0.4) is 0 Å². The zero-order valence-electron chi connectivity index (χ0n) is 13.8. The summed E-state index contributed by atoms with van der Waals surface area (Å²) in [6.07, 6.45) is 5.02. The second kappa shape index (κ2) is 7.66. The first kappa shape index (κ1) is 17.4. The summed E-state index contributed by atoms with van der Waals surface area (Å²) in [7, 11) is 1.68. The average Bonchev–Trinajstić information content (AvgIpc) is 3.03. The first-order valence-electron chi connectivity index (χ1n) is 8.08. The molecular weight excluding hydrogens is 386 g/mol. The molecule has 1 aliphatic rings. The number of ether oxygens (including phenoxy) is 1. The van der Waals surface area contributed by atoms with Crippen molar-refractivity contribution in [2.24, 2.45) is 7.05 Å². The quantitative estimate of drug-likeness (QED) is 0.846. The first-order valence-corrected chi connectivity index (χ1v) is 8.88. The second-order valence-electron chi connectivity index (χ2n) is 6.04. The number of nitrogens with zero attached hydrogens (tertiary/aromatic N) is 4. The van der Waals surface area contributed by atoms with Crippen molar-refractivity contribution in [1.82, 2.24) is 20.3 Å². The molecule has 1 aromatic heterocycles. The number of hydrogen-bond acceptors (Lipinski definition) is 5. The molecule has 8 heteroatoms. The number of carbonyl (C=O) groups excluding carboxylic acids is 1. The fourth-order valence-electron chi connectivity index (χ4n) is 2.89. The Bertz CT molecular complexity index is 806. The van der Waals surface area contributed by atoms with Gasteiger partial charge in [-0.3, -0.25) is 4.79 Å². The van der Waals surface area contributed by atoms with Crippen LogP contribution >= 0.6 is 15.9 Å². The van der Waals surface area contributed by atoms with Gasteiger partial charge in [-0.05, 0) is 59.8 Å². The number of nitriles is 1. The molecule has 0 unspecified atom stereocenters. The summed E-state index contributed by atoms with van der Waals surface area (Å²) in [4.78, 5) is 13.5. The predicted octanol–water partition coefficient (Wildman–Crippen LogP) is 2.57. The van der Waals surface area contributed by atoms with Crippen LogP contribution in [0, 0.1) is 11.3 Å². The summed E-state index contributed by atoms with van der Waals surface area (Å²) in [5.74, 6) is 0.561. The minimum atomic E-state index is -0.187. The van der Waals surface area contributed by atoms with E-state index in [-0.39, 0.29) is 18.1 Å². The van der Waals surface area contributed by atoms with Gasteiger partial charge in [0.05, 0.1) is 17.9 Å². The van der Waals surface area contributed by atoms with Gasteiger partial charge in [-0.25, -0.2) is 0 Å². The third kappa shape index (κ3) is 4.37. The number of aromatic nitrogens is 3. The number of halogens is 1. The van der Waals surface area contributed by atoms with Crippen molar-refractivity contribution in [3.05, 3.63) is 40.1 Å². The number of benzene rings is 1. The van der Waals surface area contributed by atoms with E-state index in [0.29, 0.717) is 11.3 Å². The highest BCUT2D eigenvalue weighted by Gasteiger charge is 2.24. The molecule has 0 aliphatic heterocycles. The van der Waals surface area contributed by atoms with Crippen molar-refractivity contribution < 1.29 is 9.53 Å². The van der Waals surface area contributed by atoms with E-state index >= 15 is 0 Å². The molecule has 25 heavy (non-hydrogen) atoms. The van der Waals surface area contributed by atoms with E-state index in [2.05, 4.69) is 37.5 Å². The highest BCUT2D eigenvalue weighted by molar-refractivity contribution is 9.10. The van der Waals surface area contributed by atoms with Crippen molar-refractivity contribution in [3.8, 4) is 11.8 Å². The molecule has 1 fully saturated rings. The van der Waals surface area contributed by atoms with Crippen LogP contribution < -0.4 is 10.1 Å². The van der Waals surface area contributed by atoms with E-state index in [9.17, 15) is 4.79 Å². The molecule has 7 nitrogen and oxygen atoms in total. The lowest BCUT2D eigenvalue weighted by atomic mass is 9.93. The van der Waals surface area contributed by atoms with E-state index in [0.717, 1.165) is 35.9 Å². The molecule has 0 atom stereocenters. The Morgan fingerprint density at radius 3 is 2.76 bits per heavy atom. The van der Waals surface area contributed by atoms with E-state index < -0.39 is 0 Å². The molecule has 130 valence electrons. The molecule has 1 heterocycles. The molecule has 0 saturated heterocycles. The Kier molecular flexibility index (Phi) is 5.34. The van der Waals surface area contributed by atoms with Gasteiger partial charge in [-0.15, -0.1) is 5.10 Å². The topological polar surface area (TPSA) is 92.8 Å².